The highest BCUT2D eigenvalue weighted by atomic mass is 32.2. The Morgan fingerprint density at radius 3 is 2.12 bits per heavy atom. The minimum atomic E-state index is -3.52. The molecule has 0 spiro atoms. The minimum Gasteiger partial charge on any atom is -0.278 e. The molecule has 0 fully saturated rings. The first-order valence-electron chi connectivity index (χ1n) is 8.10. The van der Waals surface area contributed by atoms with Gasteiger partial charge in [-0.2, -0.15) is 5.10 Å². The average Bonchev–Trinajstić information content (AvgIpc) is 2.67. The zero-order valence-electron chi connectivity index (χ0n) is 14.5. The molecular weight excluding hydrogens is 346 g/mol. The summed E-state index contributed by atoms with van der Waals surface area (Å²) in [4.78, 5) is 4.76. The van der Waals surface area contributed by atoms with Gasteiger partial charge in [0, 0.05) is 6.20 Å². The van der Waals surface area contributed by atoms with Crippen molar-refractivity contribution in [2.75, 3.05) is 5.43 Å². The number of sulfone groups is 1. The van der Waals surface area contributed by atoms with E-state index in [1.54, 1.807) is 54.7 Å². The van der Waals surface area contributed by atoms with Crippen LogP contribution in [0.2, 0.25) is 0 Å². The first kappa shape index (κ1) is 17.8. The third-order valence-electron chi connectivity index (χ3n) is 3.88. The van der Waals surface area contributed by atoms with Crippen molar-refractivity contribution in [2.24, 2.45) is 5.10 Å². The van der Waals surface area contributed by atoms with Crippen LogP contribution in [-0.2, 0) is 9.84 Å². The summed E-state index contributed by atoms with van der Waals surface area (Å²) in [5.41, 5.74) is 6.15. The number of benzene rings is 2. The average molecular weight is 365 g/mol. The Labute approximate surface area is 153 Å². The van der Waals surface area contributed by atoms with E-state index in [1.807, 2.05) is 32.0 Å². The van der Waals surface area contributed by atoms with Gasteiger partial charge in [-0.25, -0.2) is 8.42 Å². The van der Waals surface area contributed by atoms with E-state index in [0.29, 0.717) is 5.69 Å². The number of pyridine rings is 1. The molecule has 0 saturated carbocycles. The number of hydrazone groups is 1. The van der Waals surface area contributed by atoms with Crippen molar-refractivity contribution in [2.45, 2.75) is 23.6 Å². The van der Waals surface area contributed by atoms with Gasteiger partial charge in [0.2, 0.25) is 9.84 Å². The lowest BCUT2D eigenvalue weighted by atomic mass is 10.2. The van der Waals surface area contributed by atoms with E-state index in [9.17, 15) is 8.42 Å². The number of anilines is 1. The van der Waals surface area contributed by atoms with Crippen molar-refractivity contribution >= 4 is 21.2 Å². The number of aryl methyl sites for hydroxylation is 1. The molecule has 0 amide bonds. The van der Waals surface area contributed by atoms with E-state index in [1.165, 1.54) is 0 Å². The Morgan fingerprint density at radius 1 is 0.923 bits per heavy atom. The number of hydrogen-bond acceptors (Lipinski definition) is 5. The maximum Gasteiger partial charge on any atom is 0.206 e. The molecule has 0 atom stereocenters. The lowest BCUT2D eigenvalue weighted by Gasteiger charge is -2.07. The van der Waals surface area contributed by atoms with Crippen molar-refractivity contribution in [3.63, 3.8) is 0 Å². The number of rotatable bonds is 5. The highest BCUT2D eigenvalue weighted by molar-refractivity contribution is 7.91. The molecule has 1 N–H and O–H groups in total. The molecule has 0 aliphatic rings. The summed E-state index contributed by atoms with van der Waals surface area (Å²) in [5, 5.41) is 4.28. The molecule has 3 aromatic rings. The highest BCUT2D eigenvalue weighted by Crippen LogP contribution is 2.22. The van der Waals surface area contributed by atoms with Crippen molar-refractivity contribution in [1.29, 1.82) is 0 Å². The third kappa shape index (κ3) is 3.97. The molecule has 0 aliphatic carbocycles. The van der Waals surface area contributed by atoms with Gasteiger partial charge in [0.25, 0.3) is 0 Å². The molecule has 1 aromatic heterocycles. The Morgan fingerprint density at radius 2 is 1.54 bits per heavy atom. The van der Waals surface area contributed by atoms with E-state index < -0.39 is 9.84 Å². The van der Waals surface area contributed by atoms with Gasteiger partial charge >= 0.3 is 0 Å². The fraction of sp³-hybridized carbons (Fsp3) is 0.100. The molecule has 0 radical (unpaired) electrons. The van der Waals surface area contributed by atoms with E-state index in [4.69, 9.17) is 0 Å². The monoisotopic (exact) mass is 365 g/mol. The van der Waals surface area contributed by atoms with Gasteiger partial charge in [-0.05, 0) is 62.4 Å². The summed E-state index contributed by atoms with van der Waals surface area (Å²) >= 11 is 0. The Kier molecular flexibility index (Phi) is 5.14. The Balaban J connectivity index is 1.77. The zero-order chi connectivity index (χ0) is 18.6. The Hall–Kier alpha value is -2.99. The van der Waals surface area contributed by atoms with Crippen LogP contribution in [0.5, 0.6) is 0 Å². The number of hydrogen-bond donors (Lipinski definition) is 1. The van der Waals surface area contributed by atoms with Crippen LogP contribution in [0.4, 0.5) is 5.69 Å². The fourth-order valence-corrected chi connectivity index (χ4v) is 3.61. The van der Waals surface area contributed by atoms with Gasteiger partial charge in [0.1, 0.15) is 0 Å². The van der Waals surface area contributed by atoms with Crippen molar-refractivity contribution in [3.8, 4) is 0 Å². The van der Waals surface area contributed by atoms with Crippen molar-refractivity contribution < 1.29 is 8.42 Å². The highest BCUT2D eigenvalue weighted by Gasteiger charge is 2.17. The first-order chi connectivity index (χ1) is 12.5. The van der Waals surface area contributed by atoms with Crippen LogP contribution in [0.15, 0.2) is 87.8 Å². The molecule has 0 aliphatic heterocycles. The lowest BCUT2D eigenvalue weighted by Crippen LogP contribution is -2.03. The van der Waals surface area contributed by atoms with Gasteiger partial charge in [0.05, 0.1) is 26.9 Å². The molecule has 5 nitrogen and oxygen atoms in total. The third-order valence-corrected chi connectivity index (χ3v) is 5.67. The molecule has 2 aromatic carbocycles. The van der Waals surface area contributed by atoms with E-state index in [0.717, 1.165) is 17.0 Å². The number of nitrogens with zero attached hydrogens (tertiary/aromatic N) is 2. The molecule has 6 heteroatoms. The molecule has 0 saturated heterocycles. The second kappa shape index (κ2) is 7.49. The van der Waals surface area contributed by atoms with Gasteiger partial charge < -0.3 is 0 Å². The molecule has 3 rings (SSSR count). The van der Waals surface area contributed by atoms with Gasteiger partial charge in [-0.1, -0.05) is 23.8 Å². The van der Waals surface area contributed by atoms with E-state index in [2.05, 4.69) is 15.5 Å². The summed E-state index contributed by atoms with van der Waals surface area (Å²) in [7, 11) is -3.52. The van der Waals surface area contributed by atoms with Crippen LogP contribution in [0.1, 0.15) is 18.2 Å². The predicted molar refractivity (Wildman–Crippen MR) is 103 cm³/mol. The summed E-state index contributed by atoms with van der Waals surface area (Å²) in [6.45, 7) is 3.77. The van der Waals surface area contributed by atoms with Crippen molar-refractivity contribution in [3.05, 3.63) is 84.2 Å². The summed E-state index contributed by atoms with van der Waals surface area (Å²) in [6, 6.07) is 19.0. The van der Waals surface area contributed by atoms with E-state index >= 15 is 0 Å². The SMILES string of the molecule is C/C(=N/Nc1ccc(S(=O)(=O)c2ccc(C)cc2)cc1)c1ccccn1. The van der Waals surface area contributed by atoms with Crippen LogP contribution in [0.25, 0.3) is 0 Å². The topological polar surface area (TPSA) is 71.4 Å². The molecule has 0 bridgehead atoms. The van der Waals surface area contributed by atoms with Gasteiger partial charge in [0.15, 0.2) is 0 Å². The van der Waals surface area contributed by atoms with Crippen LogP contribution in [-0.4, -0.2) is 19.1 Å². The second-order valence-electron chi connectivity index (χ2n) is 5.86. The minimum absolute atomic E-state index is 0.248. The normalized spacial score (nSPS) is 12.0. The van der Waals surface area contributed by atoms with Crippen LogP contribution >= 0.6 is 0 Å². The summed E-state index contributed by atoms with van der Waals surface area (Å²) in [6.07, 6.45) is 1.71. The maximum absolute atomic E-state index is 12.7. The molecule has 26 heavy (non-hydrogen) atoms. The fourth-order valence-electron chi connectivity index (χ4n) is 2.34. The van der Waals surface area contributed by atoms with Crippen LogP contribution in [0, 0.1) is 6.92 Å². The molecule has 132 valence electrons. The quantitative estimate of drug-likeness (QED) is 0.547. The lowest BCUT2D eigenvalue weighted by molar-refractivity contribution is 0.596. The van der Waals surface area contributed by atoms with Gasteiger partial charge in [-0.3, -0.25) is 10.4 Å². The van der Waals surface area contributed by atoms with Crippen LogP contribution in [0.3, 0.4) is 0 Å². The molecule has 1 heterocycles. The zero-order valence-corrected chi connectivity index (χ0v) is 15.4. The predicted octanol–water partition coefficient (Wildman–Crippen LogP) is 4.06. The van der Waals surface area contributed by atoms with Crippen molar-refractivity contribution in [1.82, 2.24) is 4.98 Å². The standard InChI is InChI=1S/C20H19N3O2S/c1-15-6-10-18(11-7-15)26(24,25)19-12-8-17(9-13-19)23-22-16(2)20-5-3-4-14-21-20/h3-14,23H,1-2H3/b22-16-. The maximum atomic E-state index is 12.7. The Bertz CT molecular complexity index is 1010. The number of aromatic nitrogens is 1. The summed E-state index contributed by atoms with van der Waals surface area (Å²) in [5.74, 6) is 0. The van der Waals surface area contributed by atoms with Crippen LogP contribution < -0.4 is 5.43 Å². The van der Waals surface area contributed by atoms with Gasteiger partial charge in [-0.15, -0.1) is 0 Å². The largest absolute Gasteiger partial charge is 0.278 e. The van der Waals surface area contributed by atoms with E-state index in [-0.39, 0.29) is 9.79 Å². The summed E-state index contributed by atoms with van der Waals surface area (Å²) < 4.78 is 25.3. The number of nitrogens with one attached hydrogen (secondary N) is 1. The second-order valence-corrected chi connectivity index (χ2v) is 7.81. The molecule has 0 unspecified atom stereocenters. The first-order valence-corrected chi connectivity index (χ1v) is 9.59. The molecular formula is C20H19N3O2S. The smallest absolute Gasteiger partial charge is 0.206 e.